The number of aliphatic hydroxyl groups is 1. The molecule has 0 radical (unpaired) electrons. The molecule has 2 unspecified atom stereocenters. The second-order valence-corrected chi connectivity index (χ2v) is 4.68. The molecule has 96 valence electrons. The summed E-state index contributed by atoms with van der Waals surface area (Å²) in [7, 11) is 0. The summed E-state index contributed by atoms with van der Waals surface area (Å²) in [6.07, 6.45) is -1.21. The Morgan fingerprint density at radius 2 is 1.88 bits per heavy atom. The number of nitrogens with two attached hydrogens (primary N) is 1. The number of hydrogen-bond acceptors (Lipinski definition) is 2. The monoisotopic (exact) mass is 243 g/mol. The lowest BCUT2D eigenvalue weighted by atomic mass is 9.85. The van der Waals surface area contributed by atoms with E-state index in [1.807, 2.05) is 13.8 Å². The van der Waals surface area contributed by atoms with E-state index < -0.39 is 17.7 Å². The molecule has 0 aromatic heterocycles. The molecule has 1 aromatic carbocycles. The summed E-state index contributed by atoms with van der Waals surface area (Å²) >= 11 is 0. The maximum atomic E-state index is 13.8. The fourth-order valence-electron chi connectivity index (χ4n) is 1.93. The second-order valence-electron chi connectivity index (χ2n) is 4.68. The summed E-state index contributed by atoms with van der Waals surface area (Å²) in [6.45, 7) is 5.46. The van der Waals surface area contributed by atoms with Crippen LogP contribution in [0.4, 0.5) is 8.78 Å². The summed E-state index contributed by atoms with van der Waals surface area (Å²) in [5.41, 5.74) is 5.60. The highest BCUT2D eigenvalue weighted by molar-refractivity contribution is 5.28. The van der Waals surface area contributed by atoms with Crippen LogP contribution in [0.1, 0.15) is 31.1 Å². The van der Waals surface area contributed by atoms with Crippen LogP contribution in [0.2, 0.25) is 0 Å². The van der Waals surface area contributed by atoms with Crippen LogP contribution in [-0.4, -0.2) is 11.7 Å². The van der Waals surface area contributed by atoms with Crippen LogP contribution in [-0.2, 0) is 0 Å². The fourth-order valence-corrected chi connectivity index (χ4v) is 1.93. The maximum absolute atomic E-state index is 13.8. The molecule has 0 aliphatic heterocycles. The maximum Gasteiger partial charge on any atom is 0.134 e. The Kier molecular flexibility index (Phi) is 4.60. The van der Waals surface area contributed by atoms with E-state index in [0.717, 1.165) is 0 Å². The van der Waals surface area contributed by atoms with Crippen molar-refractivity contribution in [3.63, 3.8) is 0 Å². The molecule has 17 heavy (non-hydrogen) atoms. The van der Waals surface area contributed by atoms with E-state index in [9.17, 15) is 13.9 Å². The Bertz CT molecular complexity index is 393. The van der Waals surface area contributed by atoms with E-state index in [1.54, 1.807) is 0 Å². The van der Waals surface area contributed by atoms with Crippen LogP contribution in [0, 0.1) is 30.4 Å². The van der Waals surface area contributed by atoms with Gasteiger partial charge in [-0.3, -0.25) is 0 Å². The first kappa shape index (κ1) is 14.1. The molecule has 0 fully saturated rings. The van der Waals surface area contributed by atoms with Gasteiger partial charge in [-0.25, -0.2) is 8.78 Å². The molecule has 2 atom stereocenters. The van der Waals surface area contributed by atoms with E-state index >= 15 is 0 Å². The lowest BCUT2D eigenvalue weighted by Gasteiger charge is -2.26. The number of hydrogen-bond donors (Lipinski definition) is 2. The van der Waals surface area contributed by atoms with Gasteiger partial charge >= 0.3 is 0 Å². The van der Waals surface area contributed by atoms with Gasteiger partial charge in [0.15, 0.2) is 0 Å². The first-order valence-electron chi connectivity index (χ1n) is 5.72. The zero-order valence-electron chi connectivity index (χ0n) is 10.4. The van der Waals surface area contributed by atoms with Crippen LogP contribution in [0.25, 0.3) is 0 Å². The molecule has 0 saturated heterocycles. The number of benzene rings is 1. The van der Waals surface area contributed by atoms with Gasteiger partial charge < -0.3 is 10.8 Å². The molecule has 0 heterocycles. The molecule has 1 rings (SSSR count). The molecule has 0 aliphatic rings. The minimum absolute atomic E-state index is 0.0503. The Balaban J connectivity index is 3.19. The van der Waals surface area contributed by atoms with Crippen molar-refractivity contribution in [2.45, 2.75) is 26.9 Å². The molecular formula is C13H19F2NO. The zero-order chi connectivity index (χ0) is 13.2. The van der Waals surface area contributed by atoms with Crippen LogP contribution < -0.4 is 5.73 Å². The summed E-state index contributed by atoms with van der Waals surface area (Å²) < 4.78 is 27.4. The van der Waals surface area contributed by atoms with Gasteiger partial charge in [-0.1, -0.05) is 19.9 Å². The molecule has 3 N–H and O–H groups in total. The first-order chi connectivity index (χ1) is 7.90. The molecule has 0 bridgehead atoms. The van der Waals surface area contributed by atoms with E-state index in [1.165, 1.54) is 19.1 Å². The number of aryl methyl sites for hydroxylation is 1. The molecule has 2 nitrogen and oxygen atoms in total. The van der Waals surface area contributed by atoms with Gasteiger partial charge in [0.2, 0.25) is 0 Å². The van der Waals surface area contributed by atoms with Crippen molar-refractivity contribution in [1.29, 1.82) is 0 Å². The largest absolute Gasteiger partial charge is 0.388 e. The number of rotatable bonds is 4. The van der Waals surface area contributed by atoms with Crippen molar-refractivity contribution in [3.05, 3.63) is 34.9 Å². The average molecular weight is 243 g/mol. The first-order valence-corrected chi connectivity index (χ1v) is 5.72. The van der Waals surface area contributed by atoms with Crippen molar-refractivity contribution in [1.82, 2.24) is 0 Å². The van der Waals surface area contributed by atoms with Gasteiger partial charge in [0, 0.05) is 5.92 Å². The molecular weight excluding hydrogens is 224 g/mol. The van der Waals surface area contributed by atoms with Crippen molar-refractivity contribution < 1.29 is 13.9 Å². The van der Waals surface area contributed by atoms with Gasteiger partial charge in [0.1, 0.15) is 11.6 Å². The molecule has 1 aromatic rings. The van der Waals surface area contributed by atoms with Crippen LogP contribution in [0.15, 0.2) is 12.1 Å². The third kappa shape index (κ3) is 2.82. The van der Waals surface area contributed by atoms with E-state index in [4.69, 9.17) is 5.73 Å². The molecule has 0 aliphatic carbocycles. The van der Waals surface area contributed by atoms with Gasteiger partial charge in [-0.2, -0.15) is 0 Å². The van der Waals surface area contributed by atoms with Gasteiger partial charge in [-0.15, -0.1) is 0 Å². The van der Waals surface area contributed by atoms with Crippen molar-refractivity contribution in [3.8, 4) is 0 Å². The SMILES string of the molecule is Cc1ccc(F)c(C(O)C(CN)C(C)C)c1F. The van der Waals surface area contributed by atoms with E-state index in [-0.39, 0.29) is 23.9 Å². The lowest BCUT2D eigenvalue weighted by molar-refractivity contribution is 0.0791. The highest BCUT2D eigenvalue weighted by Crippen LogP contribution is 2.31. The minimum Gasteiger partial charge on any atom is -0.388 e. The summed E-state index contributed by atoms with van der Waals surface area (Å²) in [4.78, 5) is 0. The predicted molar refractivity (Wildman–Crippen MR) is 63.4 cm³/mol. The smallest absolute Gasteiger partial charge is 0.134 e. The Hall–Kier alpha value is -1.00. The second kappa shape index (κ2) is 5.56. The Morgan fingerprint density at radius 3 is 2.35 bits per heavy atom. The summed E-state index contributed by atoms with van der Waals surface area (Å²) in [5, 5.41) is 10.1. The van der Waals surface area contributed by atoms with E-state index in [0.29, 0.717) is 5.56 Å². The van der Waals surface area contributed by atoms with Crippen molar-refractivity contribution >= 4 is 0 Å². The molecule has 0 spiro atoms. The lowest BCUT2D eigenvalue weighted by Crippen LogP contribution is -2.28. The van der Waals surface area contributed by atoms with Gasteiger partial charge in [0.25, 0.3) is 0 Å². The molecule has 0 amide bonds. The number of aliphatic hydroxyl groups excluding tert-OH is 1. The van der Waals surface area contributed by atoms with Gasteiger partial charge in [0.05, 0.1) is 11.7 Å². The third-order valence-electron chi connectivity index (χ3n) is 3.15. The number of halogens is 2. The topological polar surface area (TPSA) is 46.2 Å². The average Bonchev–Trinajstić information content (AvgIpc) is 2.24. The fraction of sp³-hybridized carbons (Fsp3) is 0.538. The van der Waals surface area contributed by atoms with Crippen LogP contribution in [0.5, 0.6) is 0 Å². The summed E-state index contributed by atoms with van der Waals surface area (Å²) in [5.74, 6) is -1.72. The quantitative estimate of drug-likeness (QED) is 0.853. The van der Waals surface area contributed by atoms with Crippen LogP contribution in [0.3, 0.4) is 0 Å². The molecule has 4 heteroatoms. The Labute approximate surface area is 100 Å². The molecule has 0 saturated carbocycles. The standard InChI is InChI=1S/C13H19F2NO/c1-7(2)9(6-16)13(17)11-10(14)5-4-8(3)12(11)15/h4-5,7,9,13,17H,6,16H2,1-3H3. The van der Waals surface area contributed by atoms with E-state index in [2.05, 4.69) is 0 Å². The van der Waals surface area contributed by atoms with Crippen LogP contribution >= 0.6 is 0 Å². The van der Waals surface area contributed by atoms with Crippen molar-refractivity contribution in [2.75, 3.05) is 6.54 Å². The normalized spacial score (nSPS) is 15.1. The highest BCUT2D eigenvalue weighted by Gasteiger charge is 2.28. The zero-order valence-corrected chi connectivity index (χ0v) is 10.4. The third-order valence-corrected chi connectivity index (χ3v) is 3.15. The highest BCUT2D eigenvalue weighted by atomic mass is 19.1. The van der Waals surface area contributed by atoms with Crippen molar-refractivity contribution in [2.24, 2.45) is 17.6 Å². The predicted octanol–water partition coefficient (Wildman–Crippen LogP) is 2.54. The van der Waals surface area contributed by atoms with Gasteiger partial charge in [-0.05, 0) is 31.0 Å². The minimum atomic E-state index is -1.21. The summed E-state index contributed by atoms with van der Waals surface area (Å²) in [6, 6.07) is 2.53. The Morgan fingerprint density at radius 1 is 1.29 bits per heavy atom.